The summed E-state index contributed by atoms with van der Waals surface area (Å²) < 4.78 is 0. The minimum atomic E-state index is 0.0626. The molecule has 0 heterocycles. The molecule has 0 bridgehead atoms. The summed E-state index contributed by atoms with van der Waals surface area (Å²) in [6.45, 7) is 16.6. The third-order valence-corrected chi connectivity index (χ3v) is 6.43. The summed E-state index contributed by atoms with van der Waals surface area (Å²) in [5.41, 5.74) is 1.55. The molecule has 1 aromatic rings. The lowest BCUT2D eigenvalue weighted by atomic mass is 9.49. The van der Waals surface area contributed by atoms with Gasteiger partial charge in [0.1, 0.15) is 0 Å². The quantitative estimate of drug-likeness (QED) is 0.742. The van der Waals surface area contributed by atoms with Crippen LogP contribution < -0.4 is 5.32 Å². The monoisotopic (exact) mass is 329 g/mol. The number of hydrogen-bond donors (Lipinski definition) is 1. The van der Waals surface area contributed by atoms with Crippen LogP contribution in [0.4, 0.5) is 0 Å². The summed E-state index contributed by atoms with van der Waals surface area (Å²) in [4.78, 5) is 12.5. The Bertz CT molecular complexity index is 564. The van der Waals surface area contributed by atoms with Gasteiger partial charge in [-0.15, -0.1) is 0 Å². The van der Waals surface area contributed by atoms with E-state index in [1.54, 1.807) is 0 Å². The number of amides is 1. The van der Waals surface area contributed by atoms with E-state index >= 15 is 0 Å². The van der Waals surface area contributed by atoms with E-state index in [0.29, 0.717) is 11.3 Å². The zero-order valence-electron chi connectivity index (χ0n) is 16.6. The summed E-state index contributed by atoms with van der Waals surface area (Å²) in [6, 6.07) is 9.84. The highest BCUT2D eigenvalue weighted by atomic mass is 16.1. The zero-order valence-corrected chi connectivity index (χ0v) is 16.6. The number of carbonyl (C=O) groups excluding carboxylic acids is 1. The second kappa shape index (κ2) is 6.54. The van der Waals surface area contributed by atoms with Crippen LogP contribution >= 0.6 is 0 Å². The van der Waals surface area contributed by atoms with Gasteiger partial charge in [-0.2, -0.15) is 0 Å². The molecule has 2 heteroatoms. The van der Waals surface area contributed by atoms with Crippen molar-refractivity contribution in [2.75, 3.05) is 0 Å². The number of nitrogens with one attached hydrogen (secondary N) is 1. The SMILES string of the molecule is CC(C)(C)[C@@H]1C[C@@H](NC(=O)c2ccccc2)CC[C@]1(C)C(C)(C)C. The van der Waals surface area contributed by atoms with Crippen molar-refractivity contribution in [3.63, 3.8) is 0 Å². The normalized spacial score (nSPS) is 28.5. The molecule has 1 fully saturated rings. The summed E-state index contributed by atoms with van der Waals surface area (Å²) in [5.74, 6) is 0.646. The molecule has 2 nitrogen and oxygen atoms in total. The third kappa shape index (κ3) is 3.84. The van der Waals surface area contributed by atoms with Crippen molar-refractivity contribution in [3.8, 4) is 0 Å². The third-order valence-electron chi connectivity index (χ3n) is 6.43. The fraction of sp³-hybridized carbons (Fsp3) is 0.682. The minimum Gasteiger partial charge on any atom is -0.349 e. The predicted octanol–water partition coefficient (Wildman–Crippen LogP) is 5.68. The number of carbonyl (C=O) groups is 1. The molecule has 1 N–H and O–H groups in total. The molecule has 0 unspecified atom stereocenters. The molecule has 0 saturated heterocycles. The van der Waals surface area contributed by atoms with Gasteiger partial charge in [-0.1, -0.05) is 66.7 Å². The van der Waals surface area contributed by atoms with Crippen LogP contribution in [0.3, 0.4) is 0 Å². The number of hydrogen-bond acceptors (Lipinski definition) is 1. The maximum absolute atomic E-state index is 12.5. The highest BCUT2D eigenvalue weighted by Crippen LogP contribution is 2.57. The molecule has 1 saturated carbocycles. The molecule has 2 rings (SSSR count). The standard InChI is InChI=1S/C22H35NO/c1-20(2,3)18-15-17(13-14-22(18,7)21(4,5)6)23-19(24)16-11-9-8-10-12-16/h8-12,17-18H,13-15H2,1-7H3,(H,23,24)/t17-,18-,22-/m0/s1. The highest BCUT2D eigenvalue weighted by Gasteiger charge is 2.51. The van der Waals surface area contributed by atoms with E-state index < -0.39 is 0 Å². The molecule has 1 amide bonds. The first kappa shape index (κ1) is 19.0. The van der Waals surface area contributed by atoms with Gasteiger partial charge in [0.05, 0.1) is 0 Å². The average Bonchev–Trinajstić information content (AvgIpc) is 2.48. The first-order valence-corrected chi connectivity index (χ1v) is 9.31. The van der Waals surface area contributed by atoms with Crippen LogP contribution in [0.15, 0.2) is 30.3 Å². The van der Waals surface area contributed by atoms with E-state index in [4.69, 9.17) is 0 Å². The van der Waals surface area contributed by atoms with Crippen LogP contribution in [-0.2, 0) is 0 Å². The Kier molecular flexibility index (Phi) is 5.18. The van der Waals surface area contributed by atoms with Gasteiger partial charge in [0, 0.05) is 11.6 Å². The minimum absolute atomic E-state index is 0.0626. The van der Waals surface area contributed by atoms with Crippen LogP contribution in [0, 0.1) is 22.2 Å². The molecule has 0 radical (unpaired) electrons. The van der Waals surface area contributed by atoms with E-state index in [0.717, 1.165) is 24.8 Å². The Morgan fingerprint density at radius 2 is 1.67 bits per heavy atom. The first-order chi connectivity index (χ1) is 10.9. The van der Waals surface area contributed by atoms with Gasteiger partial charge in [0.15, 0.2) is 0 Å². The first-order valence-electron chi connectivity index (χ1n) is 9.31. The van der Waals surface area contributed by atoms with E-state index in [1.807, 2.05) is 30.3 Å². The second-order valence-electron chi connectivity index (χ2n) is 9.90. The molecular weight excluding hydrogens is 294 g/mol. The molecular formula is C22H35NO. The maximum atomic E-state index is 12.5. The highest BCUT2D eigenvalue weighted by molar-refractivity contribution is 5.94. The van der Waals surface area contributed by atoms with E-state index in [-0.39, 0.29) is 22.8 Å². The Labute approximate surface area is 148 Å². The van der Waals surface area contributed by atoms with Crippen molar-refractivity contribution in [3.05, 3.63) is 35.9 Å². The molecule has 1 aliphatic carbocycles. The Hall–Kier alpha value is -1.31. The molecule has 0 spiro atoms. The Morgan fingerprint density at radius 1 is 1.08 bits per heavy atom. The van der Waals surface area contributed by atoms with Crippen molar-refractivity contribution in [1.82, 2.24) is 5.32 Å². The van der Waals surface area contributed by atoms with Crippen molar-refractivity contribution in [2.24, 2.45) is 22.2 Å². The van der Waals surface area contributed by atoms with Crippen LogP contribution in [0.2, 0.25) is 0 Å². The molecule has 1 aromatic carbocycles. The summed E-state index contributed by atoms with van der Waals surface area (Å²) in [5, 5.41) is 3.29. The van der Waals surface area contributed by atoms with Gasteiger partial charge in [0.2, 0.25) is 0 Å². The summed E-state index contributed by atoms with van der Waals surface area (Å²) in [7, 11) is 0. The Morgan fingerprint density at radius 3 is 2.17 bits per heavy atom. The largest absolute Gasteiger partial charge is 0.349 e. The van der Waals surface area contributed by atoms with Gasteiger partial charge < -0.3 is 5.32 Å². The van der Waals surface area contributed by atoms with Gasteiger partial charge in [-0.05, 0) is 53.6 Å². The van der Waals surface area contributed by atoms with Crippen LogP contribution in [0.1, 0.15) is 78.1 Å². The van der Waals surface area contributed by atoms with Crippen molar-refractivity contribution >= 4 is 5.91 Å². The summed E-state index contributed by atoms with van der Waals surface area (Å²) in [6.07, 6.45) is 3.30. The summed E-state index contributed by atoms with van der Waals surface area (Å²) >= 11 is 0. The van der Waals surface area contributed by atoms with Gasteiger partial charge in [-0.25, -0.2) is 0 Å². The second-order valence-corrected chi connectivity index (χ2v) is 9.90. The molecule has 1 aliphatic rings. The van der Waals surface area contributed by atoms with Crippen LogP contribution in [0.25, 0.3) is 0 Å². The lowest BCUT2D eigenvalue weighted by Crippen LogP contribution is -2.53. The molecule has 0 aliphatic heterocycles. The van der Waals surface area contributed by atoms with E-state index in [9.17, 15) is 4.79 Å². The fourth-order valence-electron chi connectivity index (χ4n) is 4.51. The smallest absolute Gasteiger partial charge is 0.251 e. The van der Waals surface area contributed by atoms with Crippen LogP contribution in [0.5, 0.6) is 0 Å². The lowest BCUT2D eigenvalue weighted by Gasteiger charge is -2.57. The van der Waals surface area contributed by atoms with Crippen molar-refractivity contribution < 1.29 is 4.79 Å². The van der Waals surface area contributed by atoms with Gasteiger partial charge in [0.25, 0.3) is 5.91 Å². The molecule has 3 atom stereocenters. The Balaban J connectivity index is 2.16. The average molecular weight is 330 g/mol. The van der Waals surface area contributed by atoms with Crippen molar-refractivity contribution in [1.29, 1.82) is 0 Å². The molecule has 134 valence electrons. The van der Waals surface area contributed by atoms with Crippen molar-refractivity contribution in [2.45, 2.75) is 73.8 Å². The van der Waals surface area contributed by atoms with E-state index in [1.165, 1.54) is 0 Å². The van der Waals surface area contributed by atoms with Crippen LogP contribution in [-0.4, -0.2) is 11.9 Å². The number of benzene rings is 1. The topological polar surface area (TPSA) is 29.1 Å². The molecule has 24 heavy (non-hydrogen) atoms. The predicted molar refractivity (Wildman–Crippen MR) is 102 cm³/mol. The lowest BCUT2D eigenvalue weighted by molar-refractivity contribution is -0.0647. The number of rotatable bonds is 2. The zero-order chi connectivity index (χ0) is 18.2. The van der Waals surface area contributed by atoms with E-state index in [2.05, 4.69) is 53.8 Å². The van der Waals surface area contributed by atoms with Gasteiger partial charge in [-0.3, -0.25) is 4.79 Å². The fourth-order valence-corrected chi connectivity index (χ4v) is 4.51. The molecule has 0 aromatic heterocycles. The maximum Gasteiger partial charge on any atom is 0.251 e. The van der Waals surface area contributed by atoms with Gasteiger partial charge >= 0.3 is 0 Å².